The fourth-order valence-electron chi connectivity index (χ4n) is 1.42. The molecule has 0 fully saturated rings. The van der Waals surface area contributed by atoms with Crippen LogP contribution in [0.4, 0.5) is 5.82 Å². The van der Waals surface area contributed by atoms with E-state index in [0.29, 0.717) is 19.0 Å². The van der Waals surface area contributed by atoms with Crippen LogP contribution in [0.2, 0.25) is 5.02 Å². The number of nitrogens with zero attached hydrogens (tertiary/aromatic N) is 1. The van der Waals surface area contributed by atoms with E-state index in [2.05, 4.69) is 15.0 Å². The molecule has 0 amide bonds. The van der Waals surface area contributed by atoms with Gasteiger partial charge >= 0.3 is 0 Å². The van der Waals surface area contributed by atoms with Gasteiger partial charge in [0, 0.05) is 19.3 Å². The standard InChI is InChI=1S/C12H20ClN3O3S/c1-4-14-12-11(13)7-10(8-15-12)20(17,18)16-5-6-19-9(2)3/h7-9,16H,4-6H2,1-3H3,(H,14,15). The Morgan fingerprint density at radius 2 is 2.15 bits per heavy atom. The van der Waals surface area contributed by atoms with Gasteiger partial charge in [-0.05, 0) is 26.8 Å². The Labute approximate surface area is 124 Å². The first-order valence-electron chi connectivity index (χ1n) is 6.37. The third kappa shape index (κ3) is 5.24. The van der Waals surface area contributed by atoms with Gasteiger partial charge in [0.05, 0.1) is 17.7 Å². The average Bonchev–Trinajstić information content (AvgIpc) is 2.37. The smallest absolute Gasteiger partial charge is 0.242 e. The van der Waals surface area contributed by atoms with Crippen LogP contribution in [0.15, 0.2) is 17.2 Å². The van der Waals surface area contributed by atoms with Crippen molar-refractivity contribution in [1.29, 1.82) is 0 Å². The van der Waals surface area contributed by atoms with Crippen molar-refractivity contribution in [2.24, 2.45) is 0 Å². The summed E-state index contributed by atoms with van der Waals surface area (Å²) in [7, 11) is -3.62. The summed E-state index contributed by atoms with van der Waals surface area (Å²) >= 11 is 5.98. The van der Waals surface area contributed by atoms with E-state index in [1.54, 1.807) is 0 Å². The number of nitrogens with one attached hydrogen (secondary N) is 2. The monoisotopic (exact) mass is 321 g/mol. The van der Waals surface area contributed by atoms with E-state index in [1.165, 1.54) is 12.3 Å². The van der Waals surface area contributed by atoms with Crippen molar-refractivity contribution < 1.29 is 13.2 Å². The summed E-state index contributed by atoms with van der Waals surface area (Å²) in [4.78, 5) is 4.03. The summed E-state index contributed by atoms with van der Waals surface area (Å²) in [5.41, 5.74) is 0. The molecule has 0 atom stereocenters. The van der Waals surface area contributed by atoms with E-state index in [-0.39, 0.29) is 22.6 Å². The lowest BCUT2D eigenvalue weighted by Crippen LogP contribution is -2.28. The molecule has 0 bridgehead atoms. The molecule has 114 valence electrons. The molecular weight excluding hydrogens is 302 g/mol. The van der Waals surface area contributed by atoms with Gasteiger partial charge in [-0.1, -0.05) is 11.6 Å². The van der Waals surface area contributed by atoms with Gasteiger partial charge in [-0.2, -0.15) is 0 Å². The third-order valence-electron chi connectivity index (χ3n) is 2.32. The summed E-state index contributed by atoms with van der Waals surface area (Å²) in [5, 5.41) is 3.21. The van der Waals surface area contributed by atoms with Crippen molar-refractivity contribution in [3.8, 4) is 0 Å². The zero-order valence-corrected chi connectivity index (χ0v) is 13.4. The minimum Gasteiger partial charge on any atom is -0.377 e. The van der Waals surface area contributed by atoms with Gasteiger partial charge in [0.25, 0.3) is 0 Å². The van der Waals surface area contributed by atoms with E-state index in [0.717, 1.165) is 0 Å². The van der Waals surface area contributed by atoms with Crippen LogP contribution in [0, 0.1) is 0 Å². The highest BCUT2D eigenvalue weighted by Gasteiger charge is 2.16. The fourth-order valence-corrected chi connectivity index (χ4v) is 2.70. The van der Waals surface area contributed by atoms with Crippen LogP contribution in [0.3, 0.4) is 0 Å². The Balaban J connectivity index is 2.70. The van der Waals surface area contributed by atoms with Gasteiger partial charge in [-0.3, -0.25) is 0 Å². The quantitative estimate of drug-likeness (QED) is 0.714. The zero-order valence-electron chi connectivity index (χ0n) is 11.8. The van der Waals surface area contributed by atoms with Crippen LogP contribution in [-0.2, 0) is 14.8 Å². The van der Waals surface area contributed by atoms with Crippen molar-refractivity contribution in [2.45, 2.75) is 31.8 Å². The molecule has 0 radical (unpaired) electrons. The second-order valence-corrected chi connectivity index (χ2v) is 6.52. The minimum atomic E-state index is -3.62. The van der Waals surface area contributed by atoms with E-state index >= 15 is 0 Å². The topological polar surface area (TPSA) is 80.3 Å². The number of hydrogen-bond donors (Lipinski definition) is 2. The molecule has 1 aromatic rings. The van der Waals surface area contributed by atoms with Gasteiger partial charge in [0.2, 0.25) is 10.0 Å². The van der Waals surface area contributed by atoms with Crippen molar-refractivity contribution in [2.75, 3.05) is 25.0 Å². The van der Waals surface area contributed by atoms with Crippen LogP contribution in [0.1, 0.15) is 20.8 Å². The number of aromatic nitrogens is 1. The molecular formula is C12H20ClN3O3S. The summed E-state index contributed by atoms with van der Waals surface area (Å²) in [6.07, 6.45) is 1.34. The summed E-state index contributed by atoms with van der Waals surface area (Å²) < 4.78 is 31.7. The lowest BCUT2D eigenvalue weighted by atomic mass is 10.4. The van der Waals surface area contributed by atoms with E-state index in [4.69, 9.17) is 16.3 Å². The highest BCUT2D eigenvalue weighted by Crippen LogP contribution is 2.22. The maximum Gasteiger partial charge on any atom is 0.242 e. The lowest BCUT2D eigenvalue weighted by molar-refractivity contribution is 0.0834. The molecule has 0 saturated heterocycles. The van der Waals surface area contributed by atoms with Gasteiger partial charge in [0.1, 0.15) is 10.7 Å². The Kier molecular flexibility index (Phi) is 6.67. The minimum absolute atomic E-state index is 0.0358. The summed E-state index contributed by atoms with van der Waals surface area (Å²) in [6, 6.07) is 1.37. The van der Waals surface area contributed by atoms with E-state index in [9.17, 15) is 8.42 Å². The number of rotatable bonds is 8. The van der Waals surface area contributed by atoms with Gasteiger partial charge in [-0.15, -0.1) is 0 Å². The predicted molar refractivity (Wildman–Crippen MR) is 79.7 cm³/mol. The number of anilines is 1. The summed E-state index contributed by atoms with van der Waals surface area (Å²) in [6.45, 7) is 6.85. The van der Waals surface area contributed by atoms with Gasteiger partial charge in [0.15, 0.2) is 0 Å². The molecule has 2 N–H and O–H groups in total. The van der Waals surface area contributed by atoms with Crippen LogP contribution >= 0.6 is 11.6 Å². The van der Waals surface area contributed by atoms with Gasteiger partial charge in [-0.25, -0.2) is 18.1 Å². The lowest BCUT2D eigenvalue weighted by Gasteiger charge is -2.10. The maximum absolute atomic E-state index is 12.0. The van der Waals surface area contributed by atoms with Crippen molar-refractivity contribution in [1.82, 2.24) is 9.71 Å². The number of ether oxygens (including phenoxy) is 1. The van der Waals surface area contributed by atoms with Crippen molar-refractivity contribution in [3.63, 3.8) is 0 Å². The highest BCUT2D eigenvalue weighted by atomic mass is 35.5. The van der Waals surface area contributed by atoms with Crippen LogP contribution in [0.5, 0.6) is 0 Å². The molecule has 1 aromatic heterocycles. The number of sulfonamides is 1. The summed E-state index contributed by atoms with van der Waals surface area (Å²) in [5.74, 6) is 0.469. The molecule has 0 saturated carbocycles. The number of hydrogen-bond acceptors (Lipinski definition) is 5. The van der Waals surface area contributed by atoms with Crippen LogP contribution in [0.25, 0.3) is 0 Å². The largest absolute Gasteiger partial charge is 0.377 e. The van der Waals surface area contributed by atoms with Gasteiger partial charge < -0.3 is 10.1 Å². The molecule has 0 spiro atoms. The molecule has 0 aliphatic carbocycles. The third-order valence-corrected chi connectivity index (χ3v) is 4.03. The molecule has 1 heterocycles. The Hall–Kier alpha value is -0.890. The fraction of sp³-hybridized carbons (Fsp3) is 0.583. The first-order chi connectivity index (χ1) is 9.36. The molecule has 0 aromatic carbocycles. The molecule has 8 heteroatoms. The number of pyridine rings is 1. The average molecular weight is 322 g/mol. The Morgan fingerprint density at radius 1 is 1.45 bits per heavy atom. The van der Waals surface area contributed by atoms with Crippen LogP contribution < -0.4 is 10.0 Å². The van der Waals surface area contributed by atoms with Crippen LogP contribution in [-0.4, -0.2) is 39.2 Å². The number of halogens is 1. The molecule has 0 unspecified atom stereocenters. The first-order valence-corrected chi connectivity index (χ1v) is 8.23. The molecule has 20 heavy (non-hydrogen) atoms. The predicted octanol–water partition coefficient (Wildman–Crippen LogP) is 1.87. The molecule has 1 rings (SSSR count). The van der Waals surface area contributed by atoms with Crippen molar-refractivity contribution >= 4 is 27.4 Å². The van der Waals surface area contributed by atoms with Crippen molar-refractivity contribution in [3.05, 3.63) is 17.3 Å². The Morgan fingerprint density at radius 3 is 2.70 bits per heavy atom. The Bertz CT molecular complexity index is 535. The first kappa shape index (κ1) is 17.2. The molecule has 0 aliphatic heterocycles. The SMILES string of the molecule is CCNc1ncc(S(=O)(=O)NCCOC(C)C)cc1Cl. The highest BCUT2D eigenvalue weighted by molar-refractivity contribution is 7.89. The molecule has 6 nitrogen and oxygen atoms in total. The second-order valence-electron chi connectivity index (χ2n) is 4.35. The second kappa shape index (κ2) is 7.78. The normalized spacial score (nSPS) is 11.8. The van der Waals surface area contributed by atoms with E-state index < -0.39 is 10.0 Å². The molecule has 0 aliphatic rings. The van der Waals surface area contributed by atoms with E-state index in [1.807, 2.05) is 20.8 Å². The zero-order chi connectivity index (χ0) is 15.2. The maximum atomic E-state index is 12.0.